The molecule has 2 N–H and O–H groups in total. The topological polar surface area (TPSA) is 127 Å². The molecule has 3 aromatic rings. The number of phenolic OH excluding ortho intramolecular Hbond substituents is 1. The van der Waals surface area contributed by atoms with Crippen molar-refractivity contribution < 1.29 is 24.0 Å². The number of nitrogens with one attached hydrogen (secondary N) is 1. The lowest BCUT2D eigenvalue weighted by atomic mass is 10.1. The fourth-order valence-corrected chi connectivity index (χ4v) is 2.64. The lowest BCUT2D eigenvalue weighted by molar-refractivity contribution is -0.384. The van der Waals surface area contributed by atoms with Crippen LogP contribution in [0.3, 0.4) is 0 Å². The highest BCUT2D eigenvalue weighted by atomic mass is 35.5. The largest absolute Gasteiger partial charge is 0.507 e. The van der Waals surface area contributed by atoms with Crippen LogP contribution in [-0.4, -0.2) is 29.3 Å². The van der Waals surface area contributed by atoms with E-state index < -0.39 is 10.8 Å². The van der Waals surface area contributed by atoms with Gasteiger partial charge in [0.05, 0.1) is 28.8 Å². The molecule has 0 bridgehead atoms. The van der Waals surface area contributed by atoms with E-state index in [4.69, 9.17) is 20.8 Å². The van der Waals surface area contributed by atoms with Gasteiger partial charge >= 0.3 is 0 Å². The van der Waals surface area contributed by atoms with Crippen molar-refractivity contribution in [3.63, 3.8) is 0 Å². The number of carbonyl (C=O) groups excluding carboxylic acids is 1. The molecule has 1 amide bonds. The number of nitrogens with zero attached hydrogens (tertiary/aromatic N) is 2. The molecule has 0 unspecified atom stereocenters. The van der Waals surface area contributed by atoms with Crippen molar-refractivity contribution in [1.29, 1.82) is 0 Å². The molecule has 9 nitrogen and oxygen atoms in total. The molecular weight excluding hydrogens is 402 g/mol. The van der Waals surface area contributed by atoms with Gasteiger partial charge in [0.2, 0.25) is 0 Å². The van der Waals surface area contributed by atoms with Crippen LogP contribution < -0.4 is 10.2 Å². The average Bonchev–Trinajstić information content (AvgIpc) is 3.16. The Morgan fingerprint density at radius 2 is 2.07 bits per heavy atom. The molecule has 1 heterocycles. The minimum Gasteiger partial charge on any atom is -0.507 e. The first kappa shape index (κ1) is 19.9. The highest BCUT2D eigenvalue weighted by Gasteiger charge is 2.14. The SMILES string of the molecule is COc1ccc(C(=O)N/N=C\c2ccc(-c3cc([N+](=O)[O-])ccc3Cl)o2)c(O)c1. The summed E-state index contributed by atoms with van der Waals surface area (Å²) in [6, 6.07) is 11.4. The van der Waals surface area contributed by atoms with E-state index in [1.54, 1.807) is 12.1 Å². The van der Waals surface area contributed by atoms with Crippen LogP contribution in [0.25, 0.3) is 11.3 Å². The Labute approximate surface area is 169 Å². The number of furan rings is 1. The fraction of sp³-hybridized carbons (Fsp3) is 0.0526. The van der Waals surface area contributed by atoms with Gasteiger partial charge in [-0.1, -0.05) is 11.6 Å². The molecule has 0 saturated heterocycles. The van der Waals surface area contributed by atoms with Gasteiger partial charge in [0.1, 0.15) is 23.0 Å². The monoisotopic (exact) mass is 415 g/mol. The summed E-state index contributed by atoms with van der Waals surface area (Å²) in [4.78, 5) is 22.5. The standard InChI is InChI=1S/C19H14ClN3O6/c1-28-12-3-5-14(17(24)9-12)19(25)22-21-10-13-4-7-18(29-13)15-8-11(23(26)27)2-6-16(15)20/h2-10,24H,1H3,(H,22,25)/b21-10-. The number of hydrogen-bond acceptors (Lipinski definition) is 7. The van der Waals surface area contributed by atoms with E-state index in [1.165, 1.54) is 49.7 Å². The summed E-state index contributed by atoms with van der Waals surface area (Å²) in [6.45, 7) is 0. The number of carbonyl (C=O) groups is 1. The number of halogens is 1. The smallest absolute Gasteiger partial charge is 0.275 e. The van der Waals surface area contributed by atoms with Gasteiger partial charge in [-0.2, -0.15) is 5.10 Å². The molecular formula is C19H14ClN3O6. The molecule has 0 aliphatic rings. The first-order valence-electron chi connectivity index (χ1n) is 8.13. The molecule has 0 radical (unpaired) electrons. The van der Waals surface area contributed by atoms with Gasteiger partial charge in [-0.05, 0) is 30.3 Å². The number of methoxy groups -OCH3 is 1. The summed E-state index contributed by atoms with van der Waals surface area (Å²) in [6.07, 6.45) is 1.24. The van der Waals surface area contributed by atoms with Crippen molar-refractivity contribution in [1.82, 2.24) is 5.43 Å². The third-order valence-corrected chi connectivity index (χ3v) is 4.19. The summed E-state index contributed by atoms with van der Waals surface area (Å²) in [5.41, 5.74) is 2.52. The average molecular weight is 416 g/mol. The number of ether oxygens (including phenoxy) is 1. The molecule has 2 aromatic carbocycles. The fourth-order valence-electron chi connectivity index (χ4n) is 2.43. The number of benzene rings is 2. The molecule has 10 heteroatoms. The zero-order chi connectivity index (χ0) is 21.0. The first-order chi connectivity index (χ1) is 13.9. The second kappa shape index (κ2) is 8.44. The summed E-state index contributed by atoms with van der Waals surface area (Å²) in [7, 11) is 1.44. The third kappa shape index (κ3) is 4.53. The molecule has 0 aliphatic heterocycles. The quantitative estimate of drug-likeness (QED) is 0.356. The van der Waals surface area contributed by atoms with E-state index in [0.29, 0.717) is 17.1 Å². The summed E-state index contributed by atoms with van der Waals surface area (Å²) in [5, 5.41) is 24.8. The summed E-state index contributed by atoms with van der Waals surface area (Å²) < 4.78 is 10.5. The maximum Gasteiger partial charge on any atom is 0.275 e. The van der Waals surface area contributed by atoms with Crippen LogP contribution in [0, 0.1) is 10.1 Å². The Balaban J connectivity index is 1.72. The highest BCUT2D eigenvalue weighted by Crippen LogP contribution is 2.32. The molecule has 0 fully saturated rings. The Morgan fingerprint density at radius 1 is 1.28 bits per heavy atom. The number of hydrazone groups is 1. The van der Waals surface area contributed by atoms with Crippen LogP contribution in [0.15, 0.2) is 58.0 Å². The van der Waals surface area contributed by atoms with Crippen molar-refractivity contribution in [3.05, 3.63) is 75.0 Å². The predicted molar refractivity (Wildman–Crippen MR) is 106 cm³/mol. The Hall–Kier alpha value is -3.85. The molecule has 29 heavy (non-hydrogen) atoms. The minimum atomic E-state index is -0.630. The van der Waals surface area contributed by atoms with E-state index in [0.717, 1.165) is 0 Å². The van der Waals surface area contributed by atoms with Crippen LogP contribution in [0.5, 0.6) is 11.5 Å². The van der Waals surface area contributed by atoms with Crippen molar-refractivity contribution in [2.75, 3.05) is 7.11 Å². The molecule has 0 aliphatic carbocycles. The molecule has 3 rings (SSSR count). The normalized spacial score (nSPS) is 10.8. The lowest BCUT2D eigenvalue weighted by Gasteiger charge is -2.05. The van der Waals surface area contributed by atoms with Crippen LogP contribution in [0.1, 0.15) is 16.1 Å². The molecule has 0 saturated carbocycles. The maximum absolute atomic E-state index is 12.1. The Morgan fingerprint density at radius 3 is 2.76 bits per heavy atom. The summed E-state index contributed by atoms with van der Waals surface area (Å²) >= 11 is 6.09. The molecule has 1 aromatic heterocycles. The van der Waals surface area contributed by atoms with Crippen LogP contribution in [-0.2, 0) is 0 Å². The number of non-ortho nitro benzene ring substituents is 1. The van der Waals surface area contributed by atoms with Crippen LogP contribution in [0.4, 0.5) is 5.69 Å². The zero-order valence-electron chi connectivity index (χ0n) is 15.0. The molecule has 0 atom stereocenters. The Bertz CT molecular complexity index is 1110. The van der Waals surface area contributed by atoms with Crippen molar-refractivity contribution in [3.8, 4) is 22.8 Å². The molecule has 148 valence electrons. The van der Waals surface area contributed by atoms with E-state index in [9.17, 15) is 20.0 Å². The number of hydrogen-bond donors (Lipinski definition) is 2. The van der Waals surface area contributed by atoms with Crippen molar-refractivity contribution >= 4 is 29.4 Å². The van der Waals surface area contributed by atoms with Gasteiger partial charge < -0.3 is 14.3 Å². The van der Waals surface area contributed by atoms with E-state index in [-0.39, 0.29) is 27.8 Å². The molecule has 0 spiro atoms. The predicted octanol–water partition coefficient (Wildman–Crippen LogP) is 3.99. The van der Waals surface area contributed by atoms with Gasteiger partial charge in [0, 0.05) is 23.8 Å². The second-order valence-electron chi connectivity index (χ2n) is 5.71. The van der Waals surface area contributed by atoms with E-state index in [1.807, 2.05) is 0 Å². The zero-order valence-corrected chi connectivity index (χ0v) is 15.7. The number of amides is 1. The van der Waals surface area contributed by atoms with Gasteiger partial charge in [0.25, 0.3) is 11.6 Å². The second-order valence-corrected chi connectivity index (χ2v) is 6.11. The highest BCUT2D eigenvalue weighted by molar-refractivity contribution is 6.33. The third-order valence-electron chi connectivity index (χ3n) is 3.86. The van der Waals surface area contributed by atoms with E-state index in [2.05, 4.69) is 10.5 Å². The number of rotatable bonds is 6. The van der Waals surface area contributed by atoms with Gasteiger partial charge in [-0.25, -0.2) is 5.43 Å². The maximum atomic E-state index is 12.1. The van der Waals surface area contributed by atoms with Gasteiger partial charge in [-0.15, -0.1) is 0 Å². The number of nitro benzene ring substituents is 1. The van der Waals surface area contributed by atoms with Gasteiger partial charge in [-0.3, -0.25) is 14.9 Å². The lowest BCUT2D eigenvalue weighted by Crippen LogP contribution is -2.17. The van der Waals surface area contributed by atoms with Crippen molar-refractivity contribution in [2.45, 2.75) is 0 Å². The number of nitro groups is 1. The van der Waals surface area contributed by atoms with Crippen molar-refractivity contribution in [2.24, 2.45) is 5.10 Å². The van der Waals surface area contributed by atoms with Crippen LogP contribution in [0.2, 0.25) is 5.02 Å². The van der Waals surface area contributed by atoms with E-state index >= 15 is 0 Å². The minimum absolute atomic E-state index is 0.0199. The number of phenols is 1. The Kier molecular flexibility index (Phi) is 5.79. The van der Waals surface area contributed by atoms with Gasteiger partial charge in [0.15, 0.2) is 0 Å². The van der Waals surface area contributed by atoms with Crippen LogP contribution >= 0.6 is 11.6 Å². The number of aromatic hydroxyl groups is 1. The summed E-state index contributed by atoms with van der Waals surface area (Å²) in [5.74, 6) is 0.110. The first-order valence-corrected chi connectivity index (χ1v) is 8.51.